The van der Waals surface area contributed by atoms with Crippen LogP contribution < -0.4 is 5.32 Å². The molecule has 1 unspecified atom stereocenters. The van der Waals surface area contributed by atoms with Crippen LogP contribution in [0.4, 0.5) is 5.13 Å². The lowest BCUT2D eigenvalue weighted by Gasteiger charge is -2.25. The molecule has 0 bridgehead atoms. The Bertz CT molecular complexity index is 782. The fourth-order valence-electron chi connectivity index (χ4n) is 3.06. The van der Waals surface area contributed by atoms with Crippen LogP contribution in [0, 0.1) is 6.92 Å². The van der Waals surface area contributed by atoms with E-state index in [4.69, 9.17) is 4.74 Å². The summed E-state index contributed by atoms with van der Waals surface area (Å²) in [4.78, 5) is 31.3. The molecular weight excluding hydrogens is 362 g/mol. The number of hydrogen-bond donors (Lipinski definition) is 1. The molecule has 1 fully saturated rings. The summed E-state index contributed by atoms with van der Waals surface area (Å²) < 4.78 is 5.67. The van der Waals surface area contributed by atoms with Crippen LogP contribution in [0.25, 0.3) is 0 Å². The van der Waals surface area contributed by atoms with Crippen molar-refractivity contribution >= 4 is 28.3 Å². The molecule has 1 aromatic carbocycles. The molecule has 2 amide bonds. The first-order chi connectivity index (χ1) is 13.0. The van der Waals surface area contributed by atoms with Crippen molar-refractivity contribution in [1.82, 2.24) is 9.88 Å². The molecule has 0 spiro atoms. The molecule has 144 valence electrons. The zero-order valence-corrected chi connectivity index (χ0v) is 16.6. The molecule has 0 saturated carbocycles. The Labute approximate surface area is 163 Å². The van der Waals surface area contributed by atoms with Crippen molar-refractivity contribution in [3.63, 3.8) is 0 Å². The second-order valence-corrected chi connectivity index (χ2v) is 7.57. The van der Waals surface area contributed by atoms with E-state index in [2.05, 4.69) is 17.2 Å². The van der Waals surface area contributed by atoms with Crippen LogP contribution in [-0.2, 0) is 16.0 Å². The summed E-state index contributed by atoms with van der Waals surface area (Å²) in [6.45, 7) is 5.05. The molecule has 6 nitrogen and oxygen atoms in total. The van der Waals surface area contributed by atoms with E-state index in [9.17, 15) is 9.59 Å². The maximum Gasteiger partial charge on any atom is 0.254 e. The number of ether oxygens (including phenoxy) is 1. The van der Waals surface area contributed by atoms with Gasteiger partial charge in [-0.05, 0) is 43.9 Å². The van der Waals surface area contributed by atoms with Gasteiger partial charge in [0.1, 0.15) is 6.54 Å². The van der Waals surface area contributed by atoms with Crippen molar-refractivity contribution in [3.8, 4) is 0 Å². The van der Waals surface area contributed by atoms with Crippen molar-refractivity contribution in [1.29, 1.82) is 0 Å². The summed E-state index contributed by atoms with van der Waals surface area (Å²) in [5.74, 6) is -0.403. The molecule has 1 atom stereocenters. The van der Waals surface area contributed by atoms with Crippen LogP contribution in [0.1, 0.15) is 41.4 Å². The number of nitrogens with one attached hydrogen (secondary N) is 1. The van der Waals surface area contributed by atoms with E-state index in [-0.39, 0.29) is 24.5 Å². The lowest BCUT2D eigenvalue weighted by molar-refractivity contribution is -0.117. The lowest BCUT2D eigenvalue weighted by Crippen LogP contribution is -2.42. The minimum Gasteiger partial charge on any atom is -0.376 e. The molecule has 3 rings (SSSR count). The SMILES string of the molecule is CCc1ccc(C(=O)N(CC(=O)Nc2nc(C)cs2)CC2CCCO2)cc1. The molecule has 2 heterocycles. The van der Waals surface area contributed by atoms with Crippen molar-refractivity contribution in [2.45, 2.75) is 39.2 Å². The minimum atomic E-state index is -0.249. The van der Waals surface area contributed by atoms with E-state index in [1.807, 2.05) is 36.6 Å². The average Bonchev–Trinajstić information content (AvgIpc) is 3.32. The van der Waals surface area contributed by atoms with Crippen LogP contribution in [-0.4, -0.2) is 47.5 Å². The van der Waals surface area contributed by atoms with Gasteiger partial charge < -0.3 is 15.0 Å². The maximum absolute atomic E-state index is 13.0. The predicted molar refractivity (Wildman–Crippen MR) is 106 cm³/mol. The highest BCUT2D eigenvalue weighted by molar-refractivity contribution is 7.13. The molecule has 2 aromatic rings. The number of thiazole rings is 1. The van der Waals surface area contributed by atoms with E-state index in [1.165, 1.54) is 16.9 Å². The smallest absolute Gasteiger partial charge is 0.254 e. The van der Waals surface area contributed by atoms with Crippen LogP contribution in [0.3, 0.4) is 0 Å². The van der Waals surface area contributed by atoms with Gasteiger partial charge in [0.25, 0.3) is 5.91 Å². The molecule has 1 aliphatic rings. The number of aromatic nitrogens is 1. The first kappa shape index (κ1) is 19.5. The Morgan fingerprint density at radius 3 is 2.70 bits per heavy atom. The first-order valence-electron chi connectivity index (χ1n) is 9.27. The van der Waals surface area contributed by atoms with Crippen LogP contribution in [0.2, 0.25) is 0 Å². The van der Waals surface area contributed by atoms with Gasteiger partial charge in [0.05, 0.1) is 11.8 Å². The predicted octanol–water partition coefficient (Wildman–Crippen LogP) is 3.27. The van der Waals surface area contributed by atoms with E-state index < -0.39 is 0 Å². The van der Waals surface area contributed by atoms with E-state index in [0.717, 1.165) is 25.0 Å². The maximum atomic E-state index is 13.0. The quantitative estimate of drug-likeness (QED) is 0.791. The van der Waals surface area contributed by atoms with Crippen molar-refractivity contribution in [2.75, 3.05) is 25.0 Å². The molecule has 0 aliphatic carbocycles. The third kappa shape index (κ3) is 5.37. The number of hydrogen-bond acceptors (Lipinski definition) is 5. The molecule has 1 saturated heterocycles. The Morgan fingerprint density at radius 1 is 1.33 bits per heavy atom. The topological polar surface area (TPSA) is 71.5 Å². The molecule has 1 aliphatic heterocycles. The van der Waals surface area contributed by atoms with Crippen LogP contribution >= 0.6 is 11.3 Å². The number of carbonyl (C=O) groups is 2. The first-order valence-corrected chi connectivity index (χ1v) is 10.1. The number of amides is 2. The molecule has 27 heavy (non-hydrogen) atoms. The highest BCUT2D eigenvalue weighted by atomic mass is 32.1. The Kier molecular flexibility index (Phi) is 6.58. The second-order valence-electron chi connectivity index (χ2n) is 6.71. The standard InChI is InChI=1S/C20H25N3O3S/c1-3-15-6-8-16(9-7-15)19(25)23(11-17-5-4-10-26-17)12-18(24)22-20-21-14(2)13-27-20/h6-9,13,17H,3-5,10-12H2,1-2H3,(H,21,22,24). The van der Waals surface area contributed by atoms with Gasteiger partial charge in [-0.1, -0.05) is 19.1 Å². The Balaban J connectivity index is 1.70. The lowest BCUT2D eigenvalue weighted by atomic mass is 10.1. The van der Waals surface area contributed by atoms with E-state index in [0.29, 0.717) is 23.8 Å². The number of rotatable bonds is 7. The van der Waals surface area contributed by atoms with Gasteiger partial charge in [-0.25, -0.2) is 4.98 Å². The third-order valence-corrected chi connectivity index (χ3v) is 5.42. The third-order valence-electron chi connectivity index (χ3n) is 4.54. The number of anilines is 1. The summed E-state index contributed by atoms with van der Waals surface area (Å²) in [6.07, 6.45) is 2.80. The number of carbonyl (C=O) groups excluding carboxylic acids is 2. The fraction of sp³-hybridized carbons (Fsp3) is 0.450. The monoisotopic (exact) mass is 387 g/mol. The molecule has 1 N–H and O–H groups in total. The van der Waals surface area contributed by atoms with Gasteiger partial charge in [0.15, 0.2) is 5.13 Å². The normalized spacial score (nSPS) is 16.3. The van der Waals surface area contributed by atoms with Gasteiger partial charge >= 0.3 is 0 Å². The largest absolute Gasteiger partial charge is 0.376 e. The van der Waals surface area contributed by atoms with E-state index >= 15 is 0 Å². The Hall–Kier alpha value is -2.25. The Morgan fingerprint density at radius 2 is 2.11 bits per heavy atom. The van der Waals surface area contributed by atoms with Gasteiger partial charge in [-0.2, -0.15) is 0 Å². The highest BCUT2D eigenvalue weighted by Gasteiger charge is 2.25. The summed E-state index contributed by atoms with van der Waals surface area (Å²) in [5.41, 5.74) is 2.62. The molecular formula is C20H25N3O3S. The van der Waals surface area contributed by atoms with Crippen molar-refractivity contribution < 1.29 is 14.3 Å². The zero-order chi connectivity index (χ0) is 19.2. The highest BCUT2D eigenvalue weighted by Crippen LogP contribution is 2.17. The average molecular weight is 388 g/mol. The van der Waals surface area contributed by atoms with Gasteiger partial charge in [-0.3, -0.25) is 9.59 Å². The zero-order valence-electron chi connectivity index (χ0n) is 15.7. The minimum absolute atomic E-state index is 0.0150. The summed E-state index contributed by atoms with van der Waals surface area (Å²) in [7, 11) is 0. The summed E-state index contributed by atoms with van der Waals surface area (Å²) in [6, 6.07) is 7.56. The number of benzene rings is 1. The van der Waals surface area contributed by atoms with Crippen molar-refractivity contribution in [2.24, 2.45) is 0 Å². The van der Waals surface area contributed by atoms with Crippen LogP contribution in [0.15, 0.2) is 29.6 Å². The number of nitrogens with zero attached hydrogens (tertiary/aromatic N) is 2. The van der Waals surface area contributed by atoms with Gasteiger partial charge in [0, 0.05) is 24.1 Å². The second kappa shape index (κ2) is 9.10. The van der Waals surface area contributed by atoms with Crippen LogP contribution in [0.5, 0.6) is 0 Å². The molecule has 1 aromatic heterocycles. The summed E-state index contributed by atoms with van der Waals surface area (Å²) >= 11 is 1.38. The van der Waals surface area contributed by atoms with E-state index in [1.54, 1.807) is 4.90 Å². The fourth-order valence-corrected chi connectivity index (χ4v) is 3.77. The van der Waals surface area contributed by atoms with Gasteiger partial charge in [-0.15, -0.1) is 11.3 Å². The van der Waals surface area contributed by atoms with Gasteiger partial charge in [0.2, 0.25) is 5.91 Å². The van der Waals surface area contributed by atoms with Crippen molar-refractivity contribution in [3.05, 3.63) is 46.5 Å². The summed E-state index contributed by atoms with van der Waals surface area (Å²) in [5, 5.41) is 5.20. The molecule has 0 radical (unpaired) electrons. The molecule has 7 heteroatoms. The number of aryl methyl sites for hydroxylation is 2.